The molecule has 3 nitrogen and oxygen atoms in total. The zero-order valence-corrected chi connectivity index (χ0v) is 11.4. The van der Waals surface area contributed by atoms with Crippen molar-refractivity contribution in [3.05, 3.63) is 17.6 Å². The van der Waals surface area contributed by atoms with E-state index >= 15 is 0 Å². The van der Waals surface area contributed by atoms with Crippen LogP contribution in [0.15, 0.2) is 6.33 Å². The van der Waals surface area contributed by atoms with Crippen molar-refractivity contribution in [2.45, 2.75) is 50.3 Å². The predicted molar refractivity (Wildman–Crippen MR) is 74.1 cm³/mol. The van der Waals surface area contributed by atoms with Crippen molar-refractivity contribution in [3.63, 3.8) is 0 Å². The SMILES string of the molecule is ClC1CCC(CNc2ncnc3c2CCCC3)C1. The highest BCUT2D eigenvalue weighted by atomic mass is 35.5. The Morgan fingerprint density at radius 1 is 1.22 bits per heavy atom. The molecule has 98 valence electrons. The minimum Gasteiger partial charge on any atom is -0.369 e. The van der Waals surface area contributed by atoms with Crippen LogP contribution in [0, 0.1) is 5.92 Å². The second kappa shape index (κ2) is 5.43. The van der Waals surface area contributed by atoms with Gasteiger partial charge in [0.25, 0.3) is 0 Å². The number of nitrogens with one attached hydrogen (secondary N) is 1. The third kappa shape index (κ3) is 2.61. The summed E-state index contributed by atoms with van der Waals surface area (Å²) in [6, 6.07) is 0. The van der Waals surface area contributed by atoms with Crippen molar-refractivity contribution in [2.75, 3.05) is 11.9 Å². The fraction of sp³-hybridized carbons (Fsp3) is 0.714. The molecule has 0 aliphatic heterocycles. The van der Waals surface area contributed by atoms with Gasteiger partial charge >= 0.3 is 0 Å². The van der Waals surface area contributed by atoms with Crippen molar-refractivity contribution in [1.82, 2.24) is 9.97 Å². The first-order valence-electron chi connectivity index (χ1n) is 7.03. The zero-order valence-electron chi connectivity index (χ0n) is 10.7. The van der Waals surface area contributed by atoms with E-state index in [-0.39, 0.29) is 0 Å². The number of halogens is 1. The molecule has 2 aliphatic carbocycles. The number of alkyl halides is 1. The molecule has 1 aromatic rings. The van der Waals surface area contributed by atoms with Crippen LogP contribution in [0.25, 0.3) is 0 Å². The lowest BCUT2D eigenvalue weighted by Crippen LogP contribution is -2.16. The molecule has 2 unspecified atom stereocenters. The van der Waals surface area contributed by atoms with Crippen LogP contribution in [0.2, 0.25) is 0 Å². The normalized spacial score (nSPS) is 26.9. The molecule has 1 heterocycles. The Hall–Kier alpha value is -0.830. The molecule has 1 fully saturated rings. The molecule has 0 aromatic carbocycles. The Labute approximate surface area is 113 Å². The van der Waals surface area contributed by atoms with E-state index in [2.05, 4.69) is 15.3 Å². The number of hydrogen-bond donors (Lipinski definition) is 1. The third-order valence-corrected chi connectivity index (χ3v) is 4.56. The van der Waals surface area contributed by atoms with Crippen LogP contribution in [0.5, 0.6) is 0 Å². The van der Waals surface area contributed by atoms with Gasteiger partial charge in [-0.15, -0.1) is 11.6 Å². The smallest absolute Gasteiger partial charge is 0.132 e. The van der Waals surface area contributed by atoms with Crippen LogP contribution in [-0.4, -0.2) is 21.9 Å². The molecule has 1 aromatic heterocycles. The highest BCUT2D eigenvalue weighted by Crippen LogP contribution is 2.30. The van der Waals surface area contributed by atoms with Gasteiger partial charge in [-0.25, -0.2) is 9.97 Å². The van der Waals surface area contributed by atoms with Crippen LogP contribution in [0.4, 0.5) is 5.82 Å². The van der Waals surface area contributed by atoms with Crippen LogP contribution < -0.4 is 5.32 Å². The van der Waals surface area contributed by atoms with Gasteiger partial charge in [-0.1, -0.05) is 0 Å². The van der Waals surface area contributed by atoms with Gasteiger partial charge in [0, 0.05) is 23.2 Å². The number of nitrogens with zero attached hydrogens (tertiary/aromatic N) is 2. The first-order valence-corrected chi connectivity index (χ1v) is 7.47. The molecule has 0 amide bonds. The van der Waals surface area contributed by atoms with E-state index in [1.165, 1.54) is 30.5 Å². The first-order chi connectivity index (χ1) is 8.83. The number of aromatic nitrogens is 2. The Morgan fingerprint density at radius 2 is 2.11 bits per heavy atom. The summed E-state index contributed by atoms with van der Waals surface area (Å²) in [6.45, 7) is 1.01. The van der Waals surface area contributed by atoms with E-state index in [4.69, 9.17) is 11.6 Å². The van der Waals surface area contributed by atoms with E-state index in [0.717, 1.165) is 38.0 Å². The van der Waals surface area contributed by atoms with Gasteiger partial charge in [0.1, 0.15) is 12.1 Å². The maximum atomic E-state index is 6.15. The molecule has 0 bridgehead atoms. The summed E-state index contributed by atoms with van der Waals surface area (Å²) in [5.41, 5.74) is 2.60. The van der Waals surface area contributed by atoms with Crippen molar-refractivity contribution in [1.29, 1.82) is 0 Å². The summed E-state index contributed by atoms with van der Waals surface area (Å²) in [5, 5.41) is 3.91. The largest absolute Gasteiger partial charge is 0.369 e. The molecule has 3 rings (SSSR count). The monoisotopic (exact) mass is 265 g/mol. The Morgan fingerprint density at radius 3 is 2.94 bits per heavy atom. The molecule has 0 radical (unpaired) electrons. The summed E-state index contributed by atoms with van der Waals surface area (Å²) in [5.74, 6) is 1.78. The lowest BCUT2D eigenvalue weighted by atomic mass is 9.96. The van der Waals surface area contributed by atoms with Gasteiger partial charge in [-0.2, -0.15) is 0 Å². The van der Waals surface area contributed by atoms with Crippen molar-refractivity contribution in [3.8, 4) is 0 Å². The van der Waals surface area contributed by atoms with Crippen molar-refractivity contribution in [2.24, 2.45) is 5.92 Å². The number of fused-ring (bicyclic) bond motifs is 1. The number of anilines is 1. The topological polar surface area (TPSA) is 37.8 Å². The summed E-state index contributed by atoms with van der Waals surface area (Å²) < 4.78 is 0. The highest BCUT2D eigenvalue weighted by Gasteiger charge is 2.23. The van der Waals surface area contributed by atoms with Crippen LogP contribution in [0.3, 0.4) is 0 Å². The van der Waals surface area contributed by atoms with Crippen LogP contribution in [-0.2, 0) is 12.8 Å². The lowest BCUT2D eigenvalue weighted by molar-refractivity contribution is 0.577. The molecule has 4 heteroatoms. The van der Waals surface area contributed by atoms with Gasteiger partial charge < -0.3 is 5.32 Å². The zero-order chi connectivity index (χ0) is 12.4. The van der Waals surface area contributed by atoms with Crippen LogP contribution >= 0.6 is 11.6 Å². The molecule has 0 spiro atoms. The summed E-state index contributed by atoms with van der Waals surface area (Å²) in [6.07, 6.45) is 10.0. The quantitative estimate of drug-likeness (QED) is 0.853. The van der Waals surface area contributed by atoms with Gasteiger partial charge in [0.2, 0.25) is 0 Å². The van der Waals surface area contributed by atoms with E-state index in [0.29, 0.717) is 11.3 Å². The standard InChI is InChI=1S/C14H20ClN3/c15-11-6-5-10(7-11)8-16-14-12-3-1-2-4-13(12)17-9-18-14/h9-11H,1-8H2,(H,16,17,18). The molecule has 2 aliphatic rings. The van der Waals surface area contributed by atoms with Crippen molar-refractivity contribution < 1.29 is 0 Å². The molecule has 1 saturated carbocycles. The highest BCUT2D eigenvalue weighted by molar-refractivity contribution is 6.20. The molecule has 2 atom stereocenters. The van der Waals surface area contributed by atoms with Crippen molar-refractivity contribution >= 4 is 17.4 Å². The second-order valence-corrected chi connectivity index (χ2v) is 6.13. The summed E-state index contributed by atoms with van der Waals surface area (Å²) in [7, 11) is 0. The van der Waals surface area contributed by atoms with E-state index < -0.39 is 0 Å². The Kier molecular flexibility index (Phi) is 3.69. The number of hydrogen-bond acceptors (Lipinski definition) is 3. The number of rotatable bonds is 3. The van der Waals surface area contributed by atoms with Gasteiger partial charge in [0.05, 0.1) is 0 Å². The fourth-order valence-corrected chi connectivity index (χ4v) is 3.49. The Balaban J connectivity index is 1.65. The fourth-order valence-electron chi connectivity index (χ4n) is 3.11. The minimum absolute atomic E-state index is 0.385. The average Bonchev–Trinajstić information content (AvgIpc) is 2.82. The van der Waals surface area contributed by atoms with Gasteiger partial charge in [0.15, 0.2) is 0 Å². The summed E-state index contributed by atoms with van der Waals surface area (Å²) in [4.78, 5) is 8.82. The van der Waals surface area contributed by atoms with E-state index in [1.807, 2.05) is 0 Å². The molecular weight excluding hydrogens is 246 g/mol. The molecule has 1 N–H and O–H groups in total. The van der Waals surface area contributed by atoms with Gasteiger partial charge in [-0.05, 0) is 50.9 Å². The maximum absolute atomic E-state index is 6.15. The lowest BCUT2D eigenvalue weighted by Gasteiger charge is -2.19. The minimum atomic E-state index is 0.385. The first kappa shape index (κ1) is 12.2. The predicted octanol–water partition coefficient (Wildman–Crippen LogP) is 3.17. The van der Waals surface area contributed by atoms with Gasteiger partial charge in [-0.3, -0.25) is 0 Å². The third-order valence-electron chi connectivity index (χ3n) is 4.16. The van der Waals surface area contributed by atoms with Crippen LogP contribution in [0.1, 0.15) is 43.4 Å². The maximum Gasteiger partial charge on any atom is 0.132 e. The molecular formula is C14H20ClN3. The second-order valence-electron chi connectivity index (χ2n) is 5.51. The molecule has 0 saturated heterocycles. The Bertz CT molecular complexity index is 422. The number of aryl methyl sites for hydroxylation is 1. The summed E-state index contributed by atoms with van der Waals surface area (Å²) >= 11 is 6.15. The average molecular weight is 266 g/mol. The van der Waals surface area contributed by atoms with E-state index in [1.54, 1.807) is 6.33 Å². The van der Waals surface area contributed by atoms with E-state index in [9.17, 15) is 0 Å². The molecule has 18 heavy (non-hydrogen) atoms.